The molecule has 0 fully saturated rings. The minimum Gasteiger partial charge on any atom is -0.351 e. The van der Waals surface area contributed by atoms with Gasteiger partial charge < -0.3 is 11.1 Å². The van der Waals surface area contributed by atoms with Crippen LogP contribution in [0.2, 0.25) is 0 Å². The van der Waals surface area contributed by atoms with E-state index < -0.39 is 6.04 Å². The monoisotopic (exact) mass is 201 g/mol. The van der Waals surface area contributed by atoms with Gasteiger partial charge in [0.15, 0.2) is 0 Å². The Balaban J connectivity index is 3.64. The van der Waals surface area contributed by atoms with Gasteiger partial charge in [0.25, 0.3) is 0 Å². The molecule has 0 saturated carbocycles. The molecule has 3 N–H and O–H groups in total. The van der Waals surface area contributed by atoms with Crippen molar-refractivity contribution >= 4 is 18.5 Å². The Morgan fingerprint density at radius 2 is 2.54 bits per heavy atom. The first-order valence-electron chi connectivity index (χ1n) is 3.55. The second-order valence-electron chi connectivity index (χ2n) is 2.12. The first kappa shape index (κ1) is 11.8. The Morgan fingerprint density at radius 1 is 1.85 bits per heavy atom. The first-order valence-corrected chi connectivity index (χ1v) is 4.19. The normalized spacial score (nSPS) is 12.2. The highest BCUT2D eigenvalue weighted by atomic mass is 32.1. The third-order valence-corrected chi connectivity index (χ3v) is 1.54. The molecule has 1 atom stereocenters. The van der Waals surface area contributed by atoms with Crippen LogP contribution in [0.4, 0.5) is 0 Å². The third-order valence-electron chi connectivity index (χ3n) is 1.15. The van der Waals surface area contributed by atoms with Crippen molar-refractivity contribution in [3.63, 3.8) is 0 Å². The number of carbonyl (C=O) groups is 1. The van der Waals surface area contributed by atoms with Crippen molar-refractivity contribution < 1.29 is 4.79 Å². The standard InChI is InChI=1S/C6H11N5OS/c7-5(4-13)6(12)9-2-1-3-10-11-8/h1,3,5,13H,2,4,7H2,(H,9,12)/t5-/m0/s1. The van der Waals surface area contributed by atoms with Crippen LogP contribution >= 0.6 is 12.6 Å². The van der Waals surface area contributed by atoms with E-state index in [2.05, 4.69) is 28.0 Å². The molecule has 0 aliphatic heterocycles. The van der Waals surface area contributed by atoms with Crippen molar-refractivity contribution in [2.75, 3.05) is 12.3 Å². The highest BCUT2D eigenvalue weighted by molar-refractivity contribution is 7.80. The quantitative estimate of drug-likeness (QED) is 0.255. The molecule has 0 aromatic rings. The molecule has 0 heterocycles. The van der Waals surface area contributed by atoms with E-state index in [-0.39, 0.29) is 5.91 Å². The van der Waals surface area contributed by atoms with Gasteiger partial charge in [0, 0.05) is 17.2 Å². The predicted octanol–water partition coefficient (Wildman–Crippen LogP) is 0.184. The maximum atomic E-state index is 11.0. The van der Waals surface area contributed by atoms with Crippen LogP contribution in [0.15, 0.2) is 17.4 Å². The van der Waals surface area contributed by atoms with Crippen LogP contribution in [0.3, 0.4) is 0 Å². The minimum absolute atomic E-state index is 0.277. The van der Waals surface area contributed by atoms with Gasteiger partial charge in [-0.2, -0.15) is 12.6 Å². The number of amides is 1. The van der Waals surface area contributed by atoms with Gasteiger partial charge in [0.1, 0.15) is 0 Å². The second kappa shape index (κ2) is 7.48. The zero-order valence-corrected chi connectivity index (χ0v) is 7.82. The molecule has 13 heavy (non-hydrogen) atoms. The molecule has 0 unspecified atom stereocenters. The zero-order chi connectivity index (χ0) is 10.1. The van der Waals surface area contributed by atoms with Gasteiger partial charge in [-0.25, -0.2) is 0 Å². The number of nitrogens with one attached hydrogen (secondary N) is 1. The lowest BCUT2D eigenvalue weighted by Gasteiger charge is -2.06. The van der Waals surface area contributed by atoms with E-state index in [0.29, 0.717) is 12.3 Å². The summed E-state index contributed by atoms with van der Waals surface area (Å²) in [7, 11) is 0. The maximum Gasteiger partial charge on any atom is 0.238 e. The maximum absolute atomic E-state index is 11.0. The van der Waals surface area contributed by atoms with E-state index in [4.69, 9.17) is 11.3 Å². The number of thiol groups is 1. The Kier molecular flexibility index (Phi) is 6.80. The summed E-state index contributed by atoms with van der Waals surface area (Å²) in [6.45, 7) is 0.291. The molecule has 1 amide bonds. The molecule has 72 valence electrons. The fraction of sp³-hybridized carbons (Fsp3) is 0.500. The summed E-state index contributed by atoms with van der Waals surface area (Å²) in [6, 6.07) is -0.601. The van der Waals surface area contributed by atoms with Crippen LogP contribution in [-0.4, -0.2) is 24.2 Å². The fourth-order valence-electron chi connectivity index (χ4n) is 0.503. The lowest BCUT2D eigenvalue weighted by atomic mass is 10.3. The van der Waals surface area contributed by atoms with Crippen LogP contribution in [-0.2, 0) is 4.79 Å². The molecule has 0 bridgehead atoms. The summed E-state index contributed by atoms with van der Waals surface area (Å²) < 4.78 is 0. The Labute approximate surface area is 81.2 Å². The Bertz CT molecular complexity index is 235. The van der Waals surface area contributed by atoms with Crippen LogP contribution < -0.4 is 11.1 Å². The largest absolute Gasteiger partial charge is 0.351 e. The van der Waals surface area contributed by atoms with E-state index in [1.165, 1.54) is 12.3 Å². The van der Waals surface area contributed by atoms with Gasteiger partial charge in [0.2, 0.25) is 5.91 Å². The van der Waals surface area contributed by atoms with Gasteiger partial charge in [-0.3, -0.25) is 4.79 Å². The van der Waals surface area contributed by atoms with Crippen LogP contribution in [0.1, 0.15) is 0 Å². The summed E-state index contributed by atoms with van der Waals surface area (Å²) in [5.74, 6) is 0.0203. The minimum atomic E-state index is -0.601. The third kappa shape index (κ3) is 6.03. The SMILES string of the molecule is [N-]=[N+]=NC=CCNC(=O)[C@@H](N)CS. The highest BCUT2D eigenvalue weighted by Crippen LogP contribution is 1.83. The molecule has 0 aromatic heterocycles. The number of hydrogen-bond donors (Lipinski definition) is 3. The smallest absolute Gasteiger partial charge is 0.238 e. The van der Waals surface area contributed by atoms with E-state index in [0.717, 1.165) is 0 Å². The fourth-order valence-corrected chi connectivity index (χ4v) is 0.669. The Morgan fingerprint density at radius 3 is 3.08 bits per heavy atom. The molecule has 7 heteroatoms. The molecule has 0 radical (unpaired) electrons. The van der Waals surface area contributed by atoms with E-state index >= 15 is 0 Å². The number of azide groups is 1. The predicted molar refractivity (Wildman–Crippen MR) is 53.1 cm³/mol. The van der Waals surface area contributed by atoms with Gasteiger partial charge in [-0.1, -0.05) is 11.2 Å². The van der Waals surface area contributed by atoms with E-state index in [1.54, 1.807) is 0 Å². The molecule has 0 aromatic carbocycles. The number of hydrogen-bond acceptors (Lipinski definition) is 4. The molecule has 0 aliphatic rings. The molecule has 0 spiro atoms. The van der Waals surface area contributed by atoms with Crippen LogP contribution in [0.25, 0.3) is 10.4 Å². The summed E-state index contributed by atoms with van der Waals surface area (Å²) in [6.07, 6.45) is 2.77. The molecule has 0 saturated heterocycles. The van der Waals surface area contributed by atoms with E-state index in [1.807, 2.05) is 0 Å². The molecule has 0 rings (SSSR count). The molecule has 0 aliphatic carbocycles. The average molecular weight is 201 g/mol. The van der Waals surface area contributed by atoms with E-state index in [9.17, 15) is 4.79 Å². The van der Waals surface area contributed by atoms with Gasteiger partial charge >= 0.3 is 0 Å². The van der Waals surface area contributed by atoms with Gasteiger partial charge in [0.05, 0.1) is 6.04 Å². The first-order chi connectivity index (χ1) is 6.22. The lowest BCUT2D eigenvalue weighted by molar-refractivity contribution is -0.121. The van der Waals surface area contributed by atoms with Crippen LogP contribution in [0, 0.1) is 0 Å². The Hall–Kier alpha value is -1.17. The highest BCUT2D eigenvalue weighted by Gasteiger charge is 2.08. The average Bonchev–Trinajstić information content (AvgIpc) is 2.16. The van der Waals surface area contributed by atoms with Crippen molar-refractivity contribution in [1.29, 1.82) is 0 Å². The van der Waals surface area contributed by atoms with Crippen molar-refractivity contribution in [3.8, 4) is 0 Å². The molecular formula is C6H11N5OS. The van der Waals surface area contributed by atoms with Crippen molar-refractivity contribution in [2.24, 2.45) is 10.8 Å². The van der Waals surface area contributed by atoms with Crippen molar-refractivity contribution in [3.05, 3.63) is 22.7 Å². The summed E-state index contributed by atoms with van der Waals surface area (Å²) in [5, 5.41) is 5.65. The summed E-state index contributed by atoms with van der Waals surface area (Å²) >= 11 is 3.86. The number of carbonyl (C=O) groups excluding carboxylic acids is 1. The van der Waals surface area contributed by atoms with Crippen LogP contribution in [0.5, 0.6) is 0 Å². The molecular weight excluding hydrogens is 190 g/mol. The van der Waals surface area contributed by atoms with Crippen molar-refractivity contribution in [1.82, 2.24) is 5.32 Å². The van der Waals surface area contributed by atoms with Crippen molar-refractivity contribution in [2.45, 2.75) is 6.04 Å². The molecule has 6 nitrogen and oxygen atoms in total. The number of nitrogens with zero attached hydrogens (tertiary/aromatic N) is 3. The topological polar surface area (TPSA) is 104 Å². The lowest BCUT2D eigenvalue weighted by Crippen LogP contribution is -2.41. The number of nitrogens with two attached hydrogens (primary N) is 1. The zero-order valence-electron chi connectivity index (χ0n) is 6.92. The summed E-state index contributed by atoms with van der Waals surface area (Å²) in [5.41, 5.74) is 13.3. The van der Waals surface area contributed by atoms with Gasteiger partial charge in [-0.05, 0) is 11.7 Å². The van der Waals surface area contributed by atoms with Gasteiger partial charge in [-0.15, -0.1) is 0 Å². The summed E-state index contributed by atoms with van der Waals surface area (Å²) in [4.78, 5) is 13.5. The second-order valence-corrected chi connectivity index (χ2v) is 2.49. The number of rotatable bonds is 5.